The van der Waals surface area contributed by atoms with Crippen LogP contribution in [-0.4, -0.2) is 19.9 Å². The molecule has 0 bridgehead atoms. The summed E-state index contributed by atoms with van der Waals surface area (Å²) in [5, 5.41) is 13.5. The first kappa shape index (κ1) is 78.4. The normalized spacial score (nSPS) is 11.6. The third kappa shape index (κ3) is 14.4. The van der Waals surface area contributed by atoms with E-state index in [0.29, 0.717) is 0 Å². The van der Waals surface area contributed by atoms with Crippen LogP contribution >= 0.6 is 0 Å². The number of aromatic nitrogens is 4. The Morgan fingerprint density at radius 1 is 0.142 bits per heavy atom. The van der Waals surface area contributed by atoms with Crippen LogP contribution in [0.4, 0.5) is 0 Å². The van der Waals surface area contributed by atoms with Gasteiger partial charge in [-0.2, -0.15) is 0 Å². The number of rotatable bonds is 14. The second-order valence-electron chi connectivity index (χ2n) is 34.6. The van der Waals surface area contributed by atoms with E-state index >= 15 is 0 Å². The zero-order chi connectivity index (χ0) is 88.5. The summed E-state index contributed by atoms with van der Waals surface area (Å²) in [7, 11) is 0. The van der Waals surface area contributed by atoms with Gasteiger partial charge in [0.05, 0.1) is 45.3 Å². The minimum atomic E-state index is 0.824. The van der Waals surface area contributed by atoms with Crippen molar-refractivity contribution in [2.45, 2.75) is 0 Å². The van der Waals surface area contributed by atoms with Crippen LogP contribution in [0, 0.1) is 0 Å². The summed E-state index contributed by atoms with van der Waals surface area (Å²) >= 11 is 0. The standard InChI is InChI=1S/2C64H40N2O/c1-5-15-41(16-6-1)47-27-30-53-54-31-28-48(42-17-7-2-8-18-42)37-58(54)63-62(57(53)36-47)65-40-60(66-63)51-26-14-24-46(34-51)45-23-13-25-50(33-45)55-38-52(44-21-11-4-12-22-44)39-59-56-35-49(43-19-9-3-10-20-43)29-32-61(56)67-64(55)59;1-4-14-41(15-5-1)44-26-32-48(33-27-44)60-61(66-63-55-23-13-11-21-53(55)52-20-10-12-22-54(52)62(63)65-60)49-34-28-46(29-35-49)45-24-30-47(31-25-45)56-39-51(43-18-8-3-9-19-43)40-58-57-38-50(42-16-6-2-7-17-42)36-37-59(57)67-64(56)58/h2*1-40H. The summed E-state index contributed by atoms with van der Waals surface area (Å²) < 4.78 is 13.5. The molecule has 6 heteroatoms. The second-order valence-corrected chi connectivity index (χ2v) is 34.6. The van der Waals surface area contributed by atoms with Crippen molar-refractivity contribution in [3.05, 3.63) is 485 Å². The molecule has 0 N–H and O–H groups in total. The lowest BCUT2D eigenvalue weighted by molar-refractivity contribution is 0.669. The molecule has 6 nitrogen and oxygen atoms in total. The highest BCUT2D eigenvalue weighted by atomic mass is 16.3. The van der Waals surface area contributed by atoms with E-state index in [0.717, 1.165) is 215 Å². The Balaban J connectivity index is 0.000000143. The fourth-order valence-corrected chi connectivity index (χ4v) is 19.8. The Bertz CT molecular complexity index is 9040. The van der Waals surface area contributed by atoms with Gasteiger partial charge in [0.1, 0.15) is 22.3 Å². The second kappa shape index (κ2) is 33.3. The zero-order valence-corrected chi connectivity index (χ0v) is 72.8. The summed E-state index contributed by atoms with van der Waals surface area (Å²) in [6.07, 6.45) is 1.94. The number of hydrogen-bond acceptors (Lipinski definition) is 6. The Morgan fingerprint density at radius 3 is 0.813 bits per heavy atom. The van der Waals surface area contributed by atoms with Crippen molar-refractivity contribution in [3.8, 4) is 156 Å². The third-order valence-corrected chi connectivity index (χ3v) is 26.6. The first-order valence-corrected chi connectivity index (χ1v) is 45.6. The van der Waals surface area contributed by atoms with Gasteiger partial charge in [-0.3, -0.25) is 4.98 Å². The summed E-state index contributed by atoms with van der Waals surface area (Å²) in [5.41, 5.74) is 37.7. The highest BCUT2D eigenvalue weighted by Crippen LogP contribution is 2.48. The van der Waals surface area contributed by atoms with Crippen LogP contribution in [0.25, 0.3) is 265 Å². The van der Waals surface area contributed by atoms with Crippen molar-refractivity contribution in [2.75, 3.05) is 0 Å². The summed E-state index contributed by atoms with van der Waals surface area (Å²) in [4.78, 5) is 21.8. The van der Waals surface area contributed by atoms with Crippen molar-refractivity contribution in [3.63, 3.8) is 0 Å². The highest BCUT2D eigenvalue weighted by Gasteiger charge is 2.24. The van der Waals surface area contributed by atoms with Crippen LogP contribution in [0.2, 0.25) is 0 Å². The van der Waals surface area contributed by atoms with Gasteiger partial charge in [0.25, 0.3) is 0 Å². The minimum Gasteiger partial charge on any atom is -0.455 e. The van der Waals surface area contributed by atoms with E-state index in [2.05, 4.69) is 479 Å². The molecule has 0 aliphatic heterocycles. The van der Waals surface area contributed by atoms with Crippen molar-refractivity contribution in [1.82, 2.24) is 19.9 Å². The van der Waals surface area contributed by atoms with Gasteiger partial charge >= 0.3 is 0 Å². The molecular weight excluding hydrogens is 1630 g/mol. The van der Waals surface area contributed by atoms with Crippen LogP contribution < -0.4 is 0 Å². The Hall–Kier alpha value is -17.8. The third-order valence-electron chi connectivity index (χ3n) is 26.6. The van der Waals surface area contributed by atoms with Crippen molar-refractivity contribution >= 4 is 109 Å². The molecule has 0 atom stereocenters. The molecular formula is C128H80N4O2. The molecule has 0 spiro atoms. The van der Waals surface area contributed by atoms with Gasteiger partial charge in [-0.25, -0.2) is 15.0 Å². The molecule has 4 heterocycles. The summed E-state index contributed by atoms with van der Waals surface area (Å²) in [5.74, 6) is 0. The van der Waals surface area contributed by atoms with Crippen molar-refractivity contribution in [1.29, 1.82) is 0 Å². The summed E-state index contributed by atoms with van der Waals surface area (Å²) in [6, 6.07) is 171. The molecule has 0 unspecified atom stereocenters. The maximum atomic E-state index is 6.78. The fraction of sp³-hybridized carbons (Fsp3) is 0. The lowest BCUT2D eigenvalue weighted by Gasteiger charge is -2.15. The first-order chi connectivity index (χ1) is 66.4. The van der Waals surface area contributed by atoms with Gasteiger partial charge in [0, 0.05) is 70.9 Å². The van der Waals surface area contributed by atoms with E-state index < -0.39 is 0 Å². The molecule has 0 radical (unpaired) electrons. The van der Waals surface area contributed by atoms with Crippen LogP contribution in [0.3, 0.4) is 0 Å². The average Bonchev–Trinajstić information content (AvgIpc) is 1.03. The molecule has 22 aromatic carbocycles. The first-order valence-electron chi connectivity index (χ1n) is 45.6. The van der Waals surface area contributed by atoms with Gasteiger partial charge in [-0.1, -0.05) is 406 Å². The van der Waals surface area contributed by atoms with Crippen molar-refractivity contribution < 1.29 is 8.83 Å². The predicted molar refractivity (Wildman–Crippen MR) is 560 cm³/mol. The van der Waals surface area contributed by atoms with Gasteiger partial charge < -0.3 is 8.83 Å². The summed E-state index contributed by atoms with van der Waals surface area (Å²) in [6.45, 7) is 0. The van der Waals surface area contributed by atoms with E-state index in [1.54, 1.807) is 0 Å². The lowest BCUT2D eigenvalue weighted by atomic mass is 9.93. The van der Waals surface area contributed by atoms with Gasteiger partial charge in [0.15, 0.2) is 0 Å². The van der Waals surface area contributed by atoms with Crippen LogP contribution in [0.5, 0.6) is 0 Å². The Kier molecular flexibility index (Phi) is 19.5. The average molecular weight is 1710 g/mol. The maximum absolute atomic E-state index is 6.78. The number of benzene rings is 22. The molecule has 0 saturated carbocycles. The minimum absolute atomic E-state index is 0.824. The van der Waals surface area contributed by atoms with Gasteiger partial charge in [0.2, 0.25) is 0 Å². The monoisotopic (exact) mass is 1700 g/mol. The topological polar surface area (TPSA) is 77.8 Å². The largest absolute Gasteiger partial charge is 0.455 e. The molecule has 134 heavy (non-hydrogen) atoms. The lowest BCUT2D eigenvalue weighted by Crippen LogP contribution is -1.97. The number of fused-ring (bicyclic) bond motifs is 18. The Labute approximate surface area is 774 Å². The maximum Gasteiger partial charge on any atom is 0.143 e. The van der Waals surface area contributed by atoms with Crippen molar-refractivity contribution in [2.24, 2.45) is 0 Å². The van der Waals surface area contributed by atoms with Gasteiger partial charge in [-0.15, -0.1) is 0 Å². The Morgan fingerprint density at radius 2 is 0.403 bits per heavy atom. The molecule has 4 aromatic heterocycles. The molecule has 0 aliphatic rings. The SMILES string of the molecule is c1ccc(-c2ccc(-c3nc4c5ccccc5c5ccccc5c4nc3-c3ccc(-c4ccc(-c5cc(-c6ccccc6)cc6c5oc5ccc(-c7ccccc7)cc56)cc4)cc3)cc2)cc1.c1ccc(-c2ccc3oc4c(-c5cccc(-c6cccc(-c7cnc8c9cc(-c%10ccccc%10)ccc9c9ccc(-c%10ccccc%10)cc9c8n7)c6)c5)cc(-c5ccccc5)cc4c3c2)cc1. The molecule has 0 aliphatic carbocycles. The van der Waals surface area contributed by atoms with E-state index in [1.165, 1.54) is 49.7 Å². The number of nitrogens with zero attached hydrogens (tertiary/aromatic N) is 4. The van der Waals surface area contributed by atoms with E-state index in [4.69, 9.17) is 28.8 Å². The smallest absolute Gasteiger partial charge is 0.143 e. The molecule has 0 amide bonds. The quantitative estimate of drug-likeness (QED) is 0.101. The molecule has 26 rings (SSSR count). The van der Waals surface area contributed by atoms with E-state index in [-0.39, 0.29) is 0 Å². The zero-order valence-electron chi connectivity index (χ0n) is 72.8. The van der Waals surface area contributed by atoms with Gasteiger partial charge in [-0.05, 0) is 206 Å². The predicted octanol–water partition coefficient (Wildman–Crippen LogP) is 35.0. The molecule has 26 aromatic rings. The van der Waals surface area contributed by atoms with Crippen LogP contribution in [0.1, 0.15) is 0 Å². The molecule has 624 valence electrons. The fourth-order valence-electron chi connectivity index (χ4n) is 19.8. The highest BCUT2D eigenvalue weighted by molar-refractivity contribution is 6.26. The number of hydrogen-bond donors (Lipinski definition) is 0. The van der Waals surface area contributed by atoms with E-state index in [9.17, 15) is 0 Å². The molecule has 0 saturated heterocycles. The van der Waals surface area contributed by atoms with Crippen LogP contribution in [0.15, 0.2) is 494 Å². The number of furan rings is 2. The van der Waals surface area contributed by atoms with E-state index in [1.807, 2.05) is 6.20 Å². The molecule has 0 fully saturated rings. The van der Waals surface area contributed by atoms with Crippen LogP contribution in [-0.2, 0) is 0 Å².